The molecule has 6 nitrogen and oxygen atoms in total. The van der Waals surface area contributed by atoms with Gasteiger partial charge in [-0.05, 0) is 37.4 Å². The van der Waals surface area contributed by atoms with E-state index in [0.717, 1.165) is 15.4 Å². The van der Waals surface area contributed by atoms with Crippen molar-refractivity contribution in [3.05, 3.63) is 57.0 Å². The minimum atomic E-state index is -0.0125. The summed E-state index contributed by atoms with van der Waals surface area (Å²) in [5.74, 6) is 0.448. The SMILES string of the molecule is [CH2-]C/C(=N\OC(C)C)c1[c-]oc(-c2cnc(-c3cccnc3)s2)n1.[CH3-].[K+]. The molecule has 0 atom stereocenters. The van der Waals surface area contributed by atoms with Crippen LogP contribution in [0.1, 0.15) is 26.0 Å². The van der Waals surface area contributed by atoms with Crippen molar-refractivity contribution in [2.45, 2.75) is 26.4 Å². The third kappa shape index (κ3) is 5.80. The summed E-state index contributed by atoms with van der Waals surface area (Å²) in [6, 6.07) is 3.83. The Bertz CT molecular complexity index is 831. The molecule has 0 saturated heterocycles. The van der Waals surface area contributed by atoms with Crippen LogP contribution in [0.15, 0.2) is 40.3 Å². The average Bonchev–Trinajstić information content (AvgIpc) is 3.25. The van der Waals surface area contributed by atoms with Gasteiger partial charge in [0.2, 0.25) is 0 Å². The third-order valence-corrected chi connectivity index (χ3v) is 4.00. The molecule has 0 aliphatic rings. The molecule has 0 spiro atoms. The molecular weight excluding hydrogens is 375 g/mol. The van der Waals surface area contributed by atoms with Gasteiger partial charge < -0.3 is 23.6 Å². The van der Waals surface area contributed by atoms with Gasteiger partial charge >= 0.3 is 51.4 Å². The Kier molecular flexibility index (Phi) is 9.84. The van der Waals surface area contributed by atoms with Crippen molar-refractivity contribution < 1.29 is 60.6 Å². The molecule has 0 radical (unpaired) electrons. The van der Waals surface area contributed by atoms with Gasteiger partial charge in [0.1, 0.15) is 17.0 Å². The Labute approximate surface area is 200 Å². The van der Waals surface area contributed by atoms with Crippen molar-refractivity contribution in [3.8, 4) is 21.3 Å². The molecule has 0 N–H and O–H groups in total. The Morgan fingerprint density at radius 3 is 2.88 bits per heavy atom. The van der Waals surface area contributed by atoms with Crippen LogP contribution in [0.2, 0.25) is 0 Å². The van der Waals surface area contributed by atoms with Crippen LogP contribution in [0, 0.1) is 20.6 Å². The Hall–Kier alpha value is -0.904. The Balaban J connectivity index is 0.00000169. The van der Waals surface area contributed by atoms with Gasteiger partial charge in [0.05, 0.1) is 4.88 Å². The van der Waals surface area contributed by atoms with E-state index in [1.807, 2.05) is 26.0 Å². The van der Waals surface area contributed by atoms with Crippen LogP contribution < -0.4 is 51.4 Å². The quantitative estimate of drug-likeness (QED) is 0.274. The molecule has 3 aromatic rings. The van der Waals surface area contributed by atoms with Gasteiger partial charge in [-0.25, -0.2) is 4.98 Å². The predicted octanol–water partition coefficient (Wildman–Crippen LogP) is 1.47. The number of nitrogens with zero attached hydrogens (tertiary/aromatic N) is 4. The van der Waals surface area contributed by atoms with Crippen LogP contribution in [0.3, 0.4) is 0 Å². The largest absolute Gasteiger partial charge is 1.00 e. The van der Waals surface area contributed by atoms with E-state index in [1.54, 1.807) is 18.6 Å². The predicted molar refractivity (Wildman–Crippen MR) is 98.8 cm³/mol. The molecule has 8 heteroatoms. The van der Waals surface area contributed by atoms with E-state index in [-0.39, 0.29) is 64.9 Å². The summed E-state index contributed by atoms with van der Waals surface area (Å²) in [4.78, 5) is 19.0. The van der Waals surface area contributed by atoms with E-state index in [2.05, 4.69) is 33.3 Å². The first-order chi connectivity index (χ1) is 11.7. The normalized spacial score (nSPS) is 11.0. The molecule has 0 saturated carbocycles. The fraction of sp³-hybridized carbons (Fsp3) is 0.222. The molecule has 0 amide bonds. The zero-order chi connectivity index (χ0) is 16.9. The van der Waals surface area contributed by atoms with E-state index < -0.39 is 0 Å². The number of hydrogen-bond donors (Lipinski definition) is 0. The van der Waals surface area contributed by atoms with Crippen LogP contribution in [0.4, 0.5) is 0 Å². The van der Waals surface area contributed by atoms with Crippen molar-refractivity contribution in [2.24, 2.45) is 5.16 Å². The van der Waals surface area contributed by atoms with Crippen LogP contribution in [-0.2, 0) is 4.84 Å². The second-order valence-corrected chi connectivity index (χ2v) is 6.21. The molecule has 132 valence electrons. The molecule has 0 bridgehead atoms. The van der Waals surface area contributed by atoms with Crippen LogP contribution in [0.5, 0.6) is 0 Å². The molecule has 3 aromatic heterocycles. The van der Waals surface area contributed by atoms with Crippen LogP contribution >= 0.6 is 11.3 Å². The average molecular weight is 395 g/mol. The van der Waals surface area contributed by atoms with Gasteiger partial charge in [0.25, 0.3) is 0 Å². The summed E-state index contributed by atoms with van der Waals surface area (Å²) < 4.78 is 5.44. The number of thiazole rings is 1. The number of aromatic nitrogens is 3. The molecule has 0 unspecified atom stereocenters. The standard InChI is InChI=1S/C17H16N4O2S.CH3.K/c1-4-13(21-23-11(2)3)14-10-22-16(20-14)15-9-19-17(24-15)12-6-5-7-18-8-12;;/h5-9,11H,1,4H2,2-3H3;1H3;/q-2;-1;+1/b21-13+;;. The van der Waals surface area contributed by atoms with Gasteiger partial charge in [-0.1, -0.05) is 0 Å². The zero-order valence-corrected chi connectivity index (χ0v) is 19.3. The third-order valence-electron chi connectivity index (χ3n) is 2.97. The fourth-order valence-corrected chi connectivity index (χ4v) is 2.68. The van der Waals surface area contributed by atoms with Crippen LogP contribution in [-0.4, -0.2) is 26.8 Å². The topological polar surface area (TPSA) is 73.4 Å². The summed E-state index contributed by atoms with van der Waals surface area (Å²) in [6.45, 7) is 7.64. The second-order valence-electron chi connectivity index (χ2n) is 5.18. The first-order valence-corrected chi connectivity index (χ1v) is 8.26. The van der Waals surface area contributed by atoms with Gasteiger partial charge in [-0.2, -0.15) is 11.6 Å². The van der Waals surface area contributed by atoms with Crippen molar-refractivity contribution in [3.63, 3.8) is 0 Å². The maximum absolute atomic E-state index is 5.44. The van der Waals surface area contributed by atoms with Crippen LogP contribution in [0.25, 0.3) is 21.3 Å². The molecule has 0 aliphatic carbocycles. The summed E-state index contributed by atoms with van der Waals surface area (Å²) in [7, 11) is 0. The smallest absolute Gasteiger partial charge is 0.564 e. The Morgan fingerprint density at radius 2 is 2.23 bits per heavy atom. The van der Waals surface area contributed by atoms with E-state index in [1.165, 1.54) is 11.3 Å². The fourth-order valence-electron chi connectivity index (χ4n) is 1.84. The van der Waals surface area contributed by atoms with Gasteiger partial charge in [-0.3, -0.25) is 9.97 Å². The molecule has 3 rings (SSSR count). The van der Waals surface area contributed by atoms with E-state index in [0.29, 0.717) is 23.7 Å². The summed E-state index contributed by atoms with van der Waals surface area (Å²) in [6.07, 6.45) is 8.40. The number of rotatable bonds is 6. The number of pyridine rings is 1. The maximum Gasteiger partial charge on any atom is 1.00 e. The number of hydrogen-bond acceptors (Lipinski definition) is 7. The van der Waals surface area contributed by atoms with Crippen molar-refractivity contribution in [2.75, 3.05) is 0 Å². The second kappa shape index (κ2) is 11.1. The first-order valence-electron chi connectivity index (χ1n) is 7.44. The van der Waals surface area contributed by atoms with Crippen molar-refractivity contribution in [1.29, 1.82) is 0 Å². The van der Waals surface area contributed by atoms with Crippen molar-refractivity contribution >= 4 is 17.0 Å². The summed E-state index contributed by atoms with van der Waals surface area (Å²) in [5.41, 5.74) is 2.04. The minimum absolute atomic E-state index is 0. The monoisotopic (exact) mass is 394 g/mol. The zero-order valence-electron chi connectivity index (χ0n) is 15.4. The Morgan fingerprint density at radius 1 is 1.42 bits per heavy atom. The molecule has 0 aromatic carbocycles. The summed E-state index contributed by atoms with van der Waals surface area (Å²) in [5, 5.41) is 4.91. The molecular formula is C18H19KN4O2S-2. The number of oxime groups is 1. The van der Waals surface area contributed by atoms with E-state index in [4.69, 9.17) is 9.25 Å². The van der Waals surface area contributed by atoms with E-state index >= 15 is 0 Å². The van der Waals surface area contributed by atoms with Gasteiger partial charge in [0, 0.05) is 30.4 Å². The first kappa shape index (κ1) is 23.1. The molecule has 0 aliphatic heterocycles. The maximum atomic E-state index is 5.44. The number of oxazole rings is 1. The van der Waals surface area contributed by atoms with E-state index in [9.17, 15) is 0 Å². The van der Waals surface area contributed by atoms with Gasteiger partial charge in [-0.15, -0.1) is 11.3 Å². The summed E-state index contributed by atoms with van der Waals surface area (Å²) >= 11 is 1.48. The molecule has 3 heterocycles. The minimum Gasteiger partial charge on any atom is -0.564 e. The molecule has 26 heavy (non-hydrogen) atoms. The van der Waals surface area contributed by atoms with Gasteiger partial charge in [0.15, 0.2) is 0 Å². The van der Waals surface area contributed by atoms with Crippen molar-refractivity contribution in [1.82, 2.24) is 15.0 Å². The molecule has 0 fully saturated rings.